The van der Waals surface area contributed by atoms with Crippen LogP contribution in [0.25, 0.3) is 0 Å². The molecule has 1 N–H and O–H groups in total. The number of carbonyl (C=O) groups is 4. The quantitative estimate of drug-likeness (QED) is 0.699. The number of ether oxygens (including phenoxy) is 1. The van der Waals surface area contributed by atoms with Gasteiger partial charge in [-0.25, -0.2) is 4.79 Å². The van der Waals surface area contributed by atoms with E-state index in [4.69, 9.17) is 4.74 Å². The highest BCUT2D eigenvalue weighted by Crippen LogP contribution is 2.11. The largest absolute Gasteiger partial charge is 0.444 e. The number of benzene rings is 1. The number of nitrogens with zero attached hydrogens (tertiary/aromatic N) is 2. The summed E-state index contributed by atoms with van der Waals surface area (Å²) in [6, 6.07) is 7.33. The molecule has 0 spiro atoms. The van der Waals surface area contributed by atoms with E-state index >= 15 is 0 Å². The van der Waals surface area contributed by atoms with Crippen LogP contribution in [0.15, 0.2) is 24.3 Å². The molecular weight excluding hydrogens is 398 g/mol. The van der Waals surface area contributed by atoms with Crippen LogP contribution in [0.3, 0.4) is 0 Å². The van der Waals surface area contributed by atoms with Crippen molar-refractivity contribution >= 4 is 23.7 Å². The minimum atomic E-state index is -0.634. The van der Waals surface area contributed by atoms with Crippen molar-refractivity contribution in [3.63, 3.8) is 0 Å². The molecule has 170 valence electrons. The van der Waals surface area contributed by atoms with Gasteiger partial charge in [-0.05, 0) is 34.1 Å². The Morgan fingerprint density at radius 3 is 2.06 bits per heavy atom. The molecule has 1 aliphatic heterocycles. The number of alkyl carbamates (subject to hydrolysis) is 1. The first-order valence-corrected chi connectivity index (χ1v) is 10.7. The Bertz CT molecular complexity index is 798. The monoisotopic (exact) mass is 431 g/mol. The van der Waals surface area contributed by atoms with Gasteiger partial charge in [0.25, 0.3) is 0 Å². The van der Waals surface area contributed by atoms with Crippen LogP contribution in [-0.4, -0.2) is 71.8 Å². The van der Waals surface area contributed by atoms with Crippen molar-refractivity contribution in [1.29, 1.82) is 0 Å². The highest BCUT2D eigenvalue weighted by Gasteiger charge is 2.23. The molecule has 1 aromatic carbocycles. The maximum atomic E-state index is 12.6. The summed E-state index contributed by atoms with van der Waals surface area (Å²) in [6.07, 6.45) is 0.336. The van der Waals surface area contributed by atoms with Gasteiger partial charge in [0.2, 0.25) is 11.8 Å². The van der Waals surface area contributed by atoms with Crippen LogP contribution < -0.4 is 5.32 Å². The number of amides is 3. The zero-order valence-corrected chi connectivity index (χ0v) is 18.9. The average Bonchev–Trinajstić information content (AvgIpc) is 2.95. The zero-order valence-electron chi connectivity index (χ0n) is 18.9. The van der Waals surface area contributed by atoms with Crippen LogP contribution in [0.2, 0.25) is 0 Å². The molecular formula is C23H33N3O5. The number of ketones is 1. The van der Waals surface area contributed by atoms with E-state index in [1.165, 1.54) is 0 Å². The predicted octanol–water partition coefficient (Wildman–Crippen LogP) is 2.54. The van der Waals surface area contributed by atoms with Crippen LogP contribution in [0, 0.1) is 6.92 Å². The summed E-state index contributed by atoms with van der Waals surface area (Å²) in [4.78, 5) is 52.3. The Morgan fingerprint density at radius 1 is 0.903 bits per heavy atom. The van der Waals surface area contributed by atoms with Gasteiger partial charge in [-0.1, -0.05) is 29.8 Å². The molecule has 0 aliphatic carbocycles. The summed E-state index contributed by atoms with van der Waals surface area (Å²) in [5.74, 6) is -0.343. The number of hydrogen-bond donors (Lipinski definition) is 1. The van der Waals surface area contributed by atoms with Gasteiger partial charge in [-0.15, -0.1) is 0 Å². The van der Waals surface area contributed by atoms with Crippen molar-refractivity contribution < 1.29 is 23.9 Å². The average molecular weight is 432 g/mol. The molecule has 1 aromatic rings. The Labute approximate surface area is 183 Å². The van der Waals surface area contributed by atoms with Gasteiger partial charge in [0.1, 0.15) is 12.1 Å². The third-order valence-corrected chi connectivity index (χ3v) is 4.92. The third kappa shape index (κ3) is 8.39. The van der Waals surface area contributed by atoms with Crippen LogP contribution in [0.1, 0.15) is 56.0 Å². The van der Waals surface area contributed by atoms with Crippen molar-refractivity contribution in [2.45, 2.75) is 52.6 Å². The minimum absolute atomic E-state index is 0.0480. The molecule has 3 amide bonds. The van der Waals surface area contributed by atoms with E-state index in [1.54, 1.807) is 42.7 Å². The van der Waals surface area contributed by atoms with Gasteiger partial charge in [0, 0.05) is 44.6 Å². The number of Topliss-reactive ketones (excluding diaryl/α,β-unsaturated/α-hetero) is 1. The summed E-state index contributed by atoms with van der Waals surface area (Å²) < 4.78 is 5.13. The summed E-state index contributed by atoms with van der Waals surface area (Å²) >= 11 is 0. The lowest BCUT2D eigenvalue weighted by molar-refractivity contribution is -0.133. The van der Waals surface area contributed by atoms with Crippen molar-refractivity contribution in [3.05, 3.63) is 35.4 Å². The zero-order chi connectivity index (χ0) is 23.0. The molecule has 1 saturated heterocycles. The summed E-state index contributed by atoms with van der Waals surface area (Å²) in [7, 11) is 0. The fraction of sp³-hybridized carbons (Fsp3) is 0.565. The van der Waals surface area contributed by atoms with E-state index in [0.29, 0.717) is 38.2 Å². The number of carbonyl (C=O) groups excluding carboxylic acids is 4. The highest BCUT2D eigenvalue weighted by molar-refractivity contribution is 5.98. The summed E-state index contributed by atoms with van der Waals surface area (Å²) in [6.45, 7) is 8.94. The normalized spacial score (nSPS) is 14.6. The van der Waals surface area contributed by atoms with E-state index in [9.17, 15) is 19.2 Å². The molecule has 8 heteroatoms. The topological polar surface area (TPSA) is 96.0 Å². The molecule has 0 radical (unpaired) electrons. The first-order valence-electron chi connectivity index (χ1n) is 10.7. The number of hydrogen-bond acceptors (Lipinski definition) is 5. The molecule has 1 fully saturated rings. The Hall–Kier alpha value is -2.90. The smallest absolute Gasteiger partial charge is 0.408 e. The molecule has 0 aromatic heterocycles. The maximum absolute atomic E-state index is 12.6. The molecule has 31 heavy (non-hydrogen) atoms. The first-order chi connectivity index (χ1) is 14.5. The Morgan fingerprint density at radius 2 is 1.48 bits per heavy atom. The van der Waals surface area contributed by atoms with Crippen LogP contribution in [0.4, 0.5) is 4.79 Å². The van der Waals surface area contributed by atoms with E-state index in [2.05, 4.69) is 5.32 Å². The first kappa shape index (κ1) is 24.4. The van der Waals surface area contributed by atoms with Gasteiger partial charge >= 0.3 is 6.09 Å². The standard InChI is InChI=1S/C23H33N3O5/c1-17-6-8-18(9-7-17)19(27)10-11-20(28)25-12-5-13-26(15-14-25)21(29)16-24-22(30)31-23(2,3)4/h6-9H,5,10-16H2,1-4H3,(H,24,30). The second-order valence-corrected chi connectivity index (χ2v) is 8.76. The van der Waals surface area contributed by atoms with Gasteiger partial charge < -0.3 is 19.9 Å². The Kier molecular flexibility index (Phi) is 8.59. The van der Waals surface area contributed by atoms with Gasteiger partial charge in [0.05, 0.1) is 0 Å². The molecule has 1 aliphatic rings. The highest BCUT2D eigenvalue weighted by atomic mass is 16.6. The molecule has 8 nitrogen and oxygen atoms in total. The van der Waals surface area contributed by atoms with E-state index in [1.807, 2.05) is 19.1 Å². The lowest BCUT2D eigenvalue weighted by atomic mass is 10.0. The minimum Gasteiger partial charge on any atom is -0.444 e. The number of aryl methyl sites for hydroxylation is 1. The second-order valence-electron chi connectivity index (χ2n) is 8.76. The van der Waals surface area contributed by atoms with Gasteiger partial charge in [0.15, 0.2) is 5.78 Å². The SMILES string of the molecule is Cc1ccc(C(=O)CCC(=O)N2CCCN(C(=O)CNC(=O)OC(C)(C)C)CC2)cc1. The lowest BCUT2D eigenvalue weighted by Crippen LogP contribution is -2.43. The molecule has 0 unspecified atom stereocenters. The fourth-order valence-electron chi connectivity index (χ4n) is 3.25. The molecule has 0 atom stereocenters. The number of nitrogens with one attached hydrogen (secondary N) is 1. The third-order valence-electron chi connectivity index (χ3n) is 4.92. The lowest BCUT2D eigenvalue weighted by Gasteiger charge is -2.23. The van der Waals surface area contributed by atoms with Crippen LogP contribution >= 0.6 is 0 Å². The van der Waals surface area contributed by atoms with Crippen LogP contribution in [-0.2, 0) is 14.3 Å². The van der Waals surface area contributed by atoms with E-state index in [-0.39, 0.29) is 37.0 Å². The fourth-order valence-corrected chi connectivity index (χ4v) is 3.25. The maximum Gasteiger partial charge on any atom is 0.408 e. The molecule has 2 rings (SSSR count). The number of rotatable bonds is 6. The van der Waals surface area contributed by atoms with Crippen LogP contribution in [0.5, 0.6) is 0 Å². The van der Waals surface area contributed by atoms with E-state index in [0.717, 1.165) is 5.56 Å². The molecule has 0 saturated carbocycles. The van der Waals surface area contributed by atoms with Crippen molar-refractivity contribution in [1.82, 2.24) is 15.1 Å². The summed E-state index contributed by atoms with van der Waals surface area (Å²) in [5.41, 5.74) is 1.07. The van der Waals surface area contributed by atoms with Crippen molar-refractivity contribution in [2.75, 3.05) is 32.7 Å². The Balaban J connectivity index is 1.76. The predicted molar refractivity (Wildman–Crippen MR) is 117 cm³/mol. The van der Waals surface area contributed by atoms with E-state index < -0.39 is 11.7 Å². The van der Waals surface area contributed by atoms with Gasteiger partial charge in [-0.3, -0.25) is 14.4 Å². The second kappa shape index (κ2) is 10.9. The molecule has 1 heterocycles. The summed E-state index contributed by atoms with van der Waals surface area (Å²) in [5, 5.41) is 2.47. The van der Waals surface area contributed by atoms with Crippen molar-refractivity contribution in [2.24, 2.45) is 0 Å². The molecule has 0 bridgehead atoms. The van der Waals surface area contributed by atoms with Gasteiger partial charge in [-0.2, -0.15) is 0 Å². The van der Waals surface area contributed by atoms with Crippen molar-refractivity contribution in [3.8, 4) is 0 Å².